The third kappa shape index (κ3) is 2.51. The van der Waals surface area contributed by atoms with Gasteiger partial charge in [0.15, 0.2) is 0 Å². The van der Waals surface area contributed by atoms with Crippen molar-refractivity contribution in [1.82, 2.24) is 4.57 Å². The highest BCUT2D eigenvalue weighted by atomic mass is 16.1. The number of rotatable bonds is 2. The first-order chi connectivity index (χ1) is 8.30. The molecule has 0 aromatic carbocycles. The van der Waals surface area contributed by atoms with Gasteiger partial charge in [-0.05, 0) is 29.7 Å². The summed E-state index contributed by atoms with van der Waals surface area (Å²) in [6, 6.07) is 3.65. The lowest BCUT2D eigenvalue weighted by Crippen LogP contribution is -2.36. The molecule has 3 heteroatoms. The fourth-order valence-corrected chi connectivity index (χ4v) is 2.97. The molecule has 0 fully saturated rings. The Hall–Kier alpha value is -1.09. The van der Waals surface area contributed by atoms with Crippen LogP contribution in [0.2, 0.25) is 0 Å². The monoisotopic (exact) mass is 248 g/mol. The van der Waals surface area contributed by atoms with Crippen molar-refractivity contribution in [2.24, 2.45) is 17.1 Å². The first-order valence-corrected chi connectivity index (χ1v) is 6.78. The molecule has 3 nitrogen and oxygen atoms in total. The highest BCUT2D eigenvalue weighted by Crippen LogP contribution is 2.38. The molecule has 2 N–H and O–H groups in total. The van der Waals surface area contributed by atoms with E-state index in [9.17, 15) is 4.79 Å². The van der Waals surface area contributed by atoms with Gasteiger partial charge in [-0.1, -0.05) is 33.8 Å². The highest BCUT2D eigenvalue weighted by Gasteiger charge is 2.32. The predicted octanol–water partition coefficient (Wildman–Crippen LogP) is 2.48. The van der Waals surface area contributed by atoms with E-state index < -0.39 is 0 Å². The van der Waals surface area contributed by atoms with Crippen molar-refractivity contribution in [2.45, 2.75) is 53.1 Å². The minimum atomic E-state index is 0.0581. The van der Waals surface area contributed by atoms with E-state index >= 15 is 0 Å². The second kappa shape index (κ2) is 4.54. The number of aromatic nitrogens is 1. The zero-order valence-electron chi connectivity index (χ0n) is 11.9. The lowest BCUT2D eigenvalue weighted by molar-refractivity contribution is 0.268. The van der Waals surface area contributed by atoms with Crippen LogP contribution in [-0.2, 0) is 13.0 Å². The molecular formula is C15H24N2O. The molecule has 1 aromatic rings. The van der Waals surface area contributed by atoms with Crippen molar-refractivity contribution in [3.8, 4) is 0 Å². The molecule has 0 amide bonds. The van der Waals surface area contributed by atoms with Crippen molar-refractivity contribution in [3.05, 3.63) is 33.7 Å². The Morgan fingerprint density at radius 2 is 2.11 bits per heavy atom. The van der Waals surface area contributed by atoms with Gasteiger partial charge in [-0.15, -0.1) is 0 Å². The quantitative estimate of drug-likeness (QED) is 0.874. The summed E-state index contributed by atoms with van der Waals surface area (Å²) in [6.07, 6.45) is 1.93. The third-order valence-electron chi connectivity index (χ3n) is 3.70. The fraction of sp³-hybridized carbons (Fsp3) is 0.667. The van der Waals surface area contributed by atoms with Crippen LogP contribution in [0.15, 0.2) is 16.9 Å². The van der Waals surface area contributed by atoms with Gasteiger partial charge in [0.25, 0.3) is 5.56 Å². The zero-order valence-corrected chi connectivity index (χ0v) is 11.9. The summed E-state index contributed by atoms with van der Waals surface area (Å²) in [5.74, 6) is 0.468. The van der Waals surface area contributed by atoms with Gasteiger partial charge in [0.05, 0.1) is 0 Å². The van der Waals surface area contributed by atoms with Crippen LogP contribution in [0.4, 0.5) is 0 Å². The molecule has 1 aromatic heterocycles. The summed E-state index contributed by atoms with van der Waals surface area (Å²) >= 11 is 0. The smallest absolute Gasteiger partial charge is 0.250 e. The lowest BCUT2D eigenvalue weighted by Gasteiger charge is -2.36. The standard InChI is InChI=1S/C15H24N2O/c1-10(2)9-17-13-8-15(3,4)7-12(16)11(13)5-6-14(17)18/h5-6,10,12H,7-9,16H2,1-4H3/t12-/m0/s1. The van der Waals surface area contributed by atoms with Crippen LogP contribution in [0.5, 0.6) is 0 Å². The Bertz CT molecular complexity index is 500. The van der Waals surface area contributed by atoms with Crippen molar-refractivity contribution in [1.29, 1.82) is 0 Å². The molecule has 1 heterocycles. The molecular weight excluding hydrogens is 224 g/mol. The number of nitrogens with two attached hydrogens (primary N) is 1. The second-order valence-electron chi connectivity index (χ2n) is 6.73. The van der Waals surface area contributed by atoms with Crippen LogP contribution >= 0.6 is 0 Å². The van der Waals surface area contributed by atoms with Gasteiger partial charge in [0.2, 0.25) is 0 Å². The molecule has 1 aliphatic carbocycles. The Morgan fingerprint density at radius 3 is 2.72 bits per heavy atom. The Kier molecular flexibility index (Phi) is 3.37. The SMILES string of the molecule is CC(C)Cn1c2c(ccc1=O)[C@@H](N)CC(C)(C)C2. The number of hydrogen-bond acceptors (Lipinski definition) is 2. The van der Waals surface area contributed by atoms with Crippen molar-refractivity contribution in [2.75, 3.05) is 0 Å². The topological polar surface area (TPSA) is 48.0 Å². The molecule has 0 unspecified atom stereocenters. The predicted molar refractivity (Wildman–Crippen MR) is 74.6 cm³/mol. The van der Waals surface area contributed by atoms with E-state index in [1.807, 2.05) is 10.6 Å². The van der Waals surface area contributed by atoms with Crippen LogP contribution in [0.3, 0.4) is 0 Å². The maximum Gasteiger partial charge on any atom is 0.250 e. The van der Waals surface area contributed by atoms with Crippen LogP contribution in [0.1, 0.15) is 51.4 Å². The van der Waals surface area contributed by atoms with E-state index in [4.69, 9.17) is 5.73 Å². The van der Waals surface area contributed by atoms with Crippen LogP contribution in [0, 0.1) is 11.3 Å². The van der Waals surface area contributed by atoms with Crippen LogP contribution in [-0.4, -0.2) is 4.57 Å². The van der Waals surface area contributed by atoms with E-state index in [1.54, 1.807) is 6.07 Å². The zero-order chi connectivity index (χ0) is 13.5. The summed E-state index contributed by atoms with van der Waals surface area (Å²) in [4.78, 5) is 12.1. The second-order valence-corrected chi connectivity index (χ2v) is 6.73. The largest absolute Gasteiger partial charge is 0.324 e. The maximum absolute atomic E-state index is 12.1. The first kappa shape index (κ1) is 13.3. The molecule has 0 radical (unpaired) electrons. The maximum atomic E-state index is 12.1. The molecule has 0 saturated carbocycles. The van der Waals surface area contributed by atoms with Gasteiger partial charge in [-0.3, -0.25) is 4.79 Å². The summed E-state index contributed by atoms with van der Waals surface area (Å²) in [6.45, 7) is 9.52. The van der Waals surface area contributed by atoms with Gasteiger partial charge in [-0.25, -0.2) is 0 Å². The van der Waals surface area contributed by atoms with E-state index in [1.165, 1.54) is 0 Å². The molecule has 0 spiro atoms. The van der Waals surface area contributed by atoms with Gasteiger partial charge in [0, 0.05) is 24.3 Å². The highest BCUT2D eigenvalue weighted by molar-refractivity contribution is 5.29. The van der Waals surface area contributed by atoms with E-state index in [0.717, 1.165) is 30.6 Å². The molecule has 18 heavy (non-hydrogen) atoms. The normalized spacial score (nSPS) is 22.0. The van der Waals surface area contributed by atoms with Gasteiger partial charge < -0.3 is 10.3 Å². The molecule has 0 aliphatic heterocycles. The van der Waals surface area contributed by atoms with Gasteiger partial charge in [0.1, 0.15) is 0 Å². The molecule has 0 bridgehead atoms. The molecule has 0 saturated heterocycles. The molecule has 100 valence electrons. The van der Waals surface area contributed by atoms with Crippen LogP contribution in [0.25, 0.3) is 0 Å². The number of fused-ring (bicyclic) bond motifs is 1. The van der Waals surface area contributed by atoms with Gasteiger partial charge in [-0.2, -0.15) is 0 Å². The number of nitrogens with zero attached hydrogens (tertiary/aromatic N) is 1. The molecule has 1 aliphatic rings. The number of pyridine rings is 1. The minimum Gasteiger partial charge on any atom is -0.324 e. The van der Waals surface area contributed by atoms with Crippen LogP contribution < -0.4 is 11.3 Å². The Labute approximate surface area is 109 Å². The summed E-state index contributed by atoms with van der Waals surface area (Å²) in [7, 11) is 0. The summed E-state index contributed by atoms with van der Waals surface area (Å²) < 4.78 is 1.93. The summed E-state index contributed by atoms with van der Waals surface area (Å²) in [5.41, 5.74) is 8.85. The molecule has 2 rings (SSSR count). The van der Waals surface area contributed by atoms with Gasteiger partial charge >= 0.3 is 0 Å². The minimum absolute atomic E-state index is 0.0581. The summed E-state index contributed by atoms with van der Waals surface area (Å²) in [5, 5.41) is 0. The first-order valence-electron chi connectivity index (χ1n) is 6.78. The number of hydrogen-bond donors (Lipinski definition) is 1. The van der Waals surface area contributed by atoms with E-state index in [-0.39, 0.29) is 17.0 Å². The van der Waals surface area contributed by atoms with Crippen molar-refractivity contribution < 1.29 is 0 Å². The fourth-order valence-electron chi connectivity index (χ4n) is 2.97. The lowest BCUT2D eigenvalue weighted by atomic mass is 9.74. The van der Waals surface area contributed by atoms with Crippen molar-refractivity contribution >= 4 is 0 Å². The average molecular weight is 248 g/mol. The van der Waals surface area contributed by atoms with E-state index in [2.05, 4.69) is 27.7 Å². The van der Waals surface area contributed by atoms with Crippen molar-refractivity contribution in [3.63, 3.8) is 0 Å². The third-order valence-corrected chi connectivity index (χ3v) is 3.70. The Morgan fingerprint density at radius 1 is 1.44 bits per heavy atom. The Balaban J connectivity index is 2.55. The molecule has 1 atom stereocenters. The van der Waals surface area contributed by atoms with E-state index in [0.29, 0.717) is 5.92 Å². The average Bonchev–Trinajstić information content (AvgIpc) is 2.20.